The standard InChI is InChI=1S/C23H31FN7O6PS/c1-5-34-20(33)13(2)30-38(39,37-14-9-7-6-8-10-14)35-11-15-17(32)23(3,24)21(36-15)31-12-27-16-18(26-4)28-22(25)29-19(16)31/h6-10,12-13,15,17,21,32H,5,11H2,1-4H3,(H,30,39)(H3,25,26,28,29)/t13-,15-,17-,21-,23-,38-/m1/s1. The number of rotatable bonds is 11. The van der Waals surface area contributed by atoms with Crippen LogP contribution in [-0.2, 0) is 30.6 Å². The fraction of sp³-hybridized carbons (Fsp3) is 0.478. The number of halogens is 1. The van der Waals surface area contributed by atoms with E-state index in [0.717, 1.165) is 0 Å². The van der Waals surface area contributed by atoms with Gasteiger partial charge < -0.3 is 34.7 Å². The second-order valence-corrected chi connectivity index (χ2v) is 12.1. The van der Waals surface area contributed by atoms with Crippen molar-refractivity contribution in [3.05, 3.63) is 36.7 Å². The van der Waals surface area contributed by atoms with E-state index in [1.807, 2.05) is 0 Å². The summed E-state index contributed by atoms with van der Waals surface area (Å²) >= 11 is 5.67. The molecule has 3 aromatic rings. The number of benzene rings is 1. The molecule has 1 fully saturated rings. The number of imidazole rings is 1. The Morgan fingerprint density at radius 1 is 1.38 bits per heavy atom. The van der Waals surface area contributed by atoms with Crippen molar-refractivity contribution in [3.8, 4) is 5.75 Å². The molecule has 4 rings (SSSR count). The lowest BCUT2D eigenvalue weighted by Crippen LogP contribution is -2.41. The third kappa shape index (κ3) is 6.13. The first kappa shape index (κ1) is 29.1. The highest BCUT2D eigenvalue weighted by Crippen LogP contribution is 2.48. The number of nitrogen functional groups attached to an aromatic ring is 1. The molecule has 1 aliphatic rings. The maximum Gasteiger partial charge on any atom is 0.323 e. The number of carbonyl (C=O) groups is 1. The Morgan fingerprint density at radius 3 is 2.77 bits per heavy atom. The SMILES string of the molecule is CCOC(=O)[C@@H](C)N[P@@](=S)(OC[C@H]1O[C@@H](n2cnc3c(NC)nc(N)nc32)[C@](C)(F)[C@@H]1O)Oc1ccccc1. The molecule has 1 saturated heterocycles. The van der Waals surface area contributed by atoms with Gasteiger partial charge in [-0.15, -0.1) is 0 Å². The highest BCUT2D eigenvalue weighted by Gasteiger charge is 2.55. The molecule has 16 heteroatoms. The van der Waals surface area contributed by atoms with Crippen LogP contribution in [0.5, 0.6) is 5.75 Å². The largest absolute Gasteiger partial charge is 0.465 e. The van der Waals surface area contributed by atoms with Gasteiger partial charge in [0, 0.05) is 7.05 Å². The average molecular weight is 584 g/mol. The Morgan fingerprint density at radius 2 is 2.10 bits per heavy atom. The quantitative estimate of drug-likeness (QED) is 0.192. The van der Waals surface area contributed by atoms with Gasteiger partial charge in [0.25, 0.3) is 0 Å². The zero-order chi connectivity index (χ0) is 28.4. The van der Waals surface area contributed by atoms with E-state index in [1.165, 1.54) is 17.8 Å². The van der Waals surface area contributed by atoms with Crippen molar-refractivity contribution in [2.45, 2.75) is 50.9 Å². The number of aliphatic hydroxyl groups excluding tert-OH is 1. The van der Waals surface area contributed by atoms with Crippen molar-refractivity contribution in [1.82, 2.24) is 24.6 Å². The number of hydrogen-bond acceptors (Lipinski definition) is 12. The third-order valence-electron chi connectivity index (χ3n) is 6.01. The summed E-state index contributed by atoms with van der Waals surface area (Å²) in [6.45, 7) is 0.851. The van der Waals surface area contributed by atoms with Crippen LogP contribution in [0.1, 0.15) is 27.0 Å². The van der Waals surface area contributed by atoms with Gasteiger partial charge >= 0.3 is 12.6 Å². The Balaban J connectivity index is 1.57. The number of aliphatic hydroxyl groups is 1. The zero-order valence-electron chi connectivity index (χ0n) is 21.8. The molecule has 2 aromatic heterocycles. The van der Waals surface area contributed by atoms with E-state index in [4.69, 9.17) is 36.1 Å². The first-order valence-electron chi connectivity index (χ1n) is 12.1. The van der Waals surface area contributed by atoms with Crippen LogP contribution in [0.4, 0.5) is 16.2 Å². The lowest BCUT2D eigenvalue weighted by molar-refractivity contribution is -0.144. The Kier molecular flexibility index (Phi) is 8.69. The molecule has 13 nitrogen and oxygen atoms in total. The van der Waals surface area contributed by atoms with Crippen molar-refractivity contribution >= 4 is 47.3 Å². The van der Waals surface area contributed by atoms with Gasteiger partial charge in [0.1, 0.15) is 24.0 Å². The van der Waals surface area contributed by atoms with Crippen LogP contribution in [0.25, 0.3) is 11.2 Å². The molecule has 39 heavy (non-hydrogen) atoms. The van der Waals surface area contributed by atoms with E-state index < -0.39 is 42.8 Å². The van der Waals surface area contributed by atoms with E-state index >= 15 is 4.39 Å². The van der Waals surface area contributed by atoms with Gasteiger partial charge in [0.2, 0.25) is 5.95 Å². The molecule has 3 heterocycles. The molecule has 5 N–H and O–H groups in total. The van der Waals surface area contributed by atoms with Gasteiger partial charge in [-0.05, 0) is 44.7 Å². The number of nitrogens with two attached hydrogens (primary N) is 1. The Labute approximate surface area is 229 Å². The zero-order valence-corrected chi connectivity index (χ0v) is 23.5. The summed E-state index contributed by atoms with van der Waals surface area (Å²) in [7, 11) is 1.64. The highest BCUT2D eigenvalue weighted by molar-refractivity contribution is 8.09. The summed E-state index contributed by atoms with van der Waals surface area (Å²) in [6.07, 6.45) is -2.77. The third-order valence-corrected chi connectivity index (χ3v) is 8.51. The summed E-state index contributed by atoms with van der Waals surface area (Å²) < 4.78 is 40.2. The van der Waals surface area contributed by atoms with Crippen LogP contribution in [0.15, 0.2) is 36.7 Å². The number of nitrogens with zero attached hydrogens (tertiary/aromatic N) is 4. The molecule has 0 saturated carbocycles. The molecule has 0 spiro atoms. The first-order chi connectivity index (χ1) is 18.5. The van der Waals surface area contributed by atoms with Crippen molar-refractivity contribution in [3.63, 3.8) is 0 Å². The van der Waals surface area contributed by atoms with Crippen molar-refractivity contribution < 1.29 is 32.8 Å². The second kappa shape index (κ2) is 11.7. The van der Waals surface area contributed by atoms with E-state index in [-0.39, 0.29) is 24.8 Å². The number of carbonyl (C=O) groups excluding carboxylic acids is 1. The minimum atomic E-state index is -3.43. The van der Waals surface area contributed by atoms with Gasteiger partial charge in [-0.25, -0.2) is 14.5 Å². The monoisotopic (exact) mass is 583 g/mol. The maximum absolute atomic E-state index is 16.0. The number of alkyl halides is 1. The van der Waals surface area contributed by atoms with Gasteiger partial charge in [0.15, 0.2) is 28.9 Å². The Bertz CT molecular complexity index is 1360. The number of nitrogens with one attached hydrogen (secondary N) is 2. The molecule has 0 bridgehead atoms. The predicted octanol–water partition coefficient (Wildman–Crippen LogP) is 2.30. The molecular formula is C23H31FN7O6PS. The smallest absolute Gasteiger partial charge is 0.323 e. The molecule has 212 valence electrons. The minimum Gasteiger partial charge on any atom is -0.465 e. The topological polar surface area (TPSA) is 168 Å². The van der Waals surface area contributed by atoms with Crippen LogP contribution in [0, 0.1) is 0 Å². The maximum atomic E-state index is 16.0. The number of aromatic nitrogens is 4. The number of esters is 1. The summed E-state index contributed by atoms with van der Waals surface area (Å²) in [5, 5.41) is 16.7. The average Bonchev–Trinajstić information content (AvgIpc) is 3.40. The van der Waals surface area contributed by atoms with Crippen LogP contribution in [-0.4, -0.2) is 74.8 Å². The summed E-state index contributed by atoms with van der Waals surface area (Å²) in [4.78, 5) is 24.8. The minimum absolute atomic E-state index is 0.0480. The molecule has 0 unspecified atom stereocenters. The fourth-order valence-electron chi connectivity index (χ4n) is 4.07. The predicted molar refractivity (Wildman–Crippen MR) is 145 cm³/mol. The van der Waals surface area contributed by atoms with Crippen molar-refractivity contribution in [2.24, 2.45) is 0 Å². The molecule has 0 aliphatic carbocycles. The van der Waals surface area contributed by atoms with E-state index in [2.05, 4.69) is 25.4 Å². The van der Waals surface area contributed by atoms with Crippen LogP contribution < -0.4 is 20.7 Å². The first-order valence-corrected chi connectivity index (χ1v) is 14.8. The number of fused-ring (bicyclic) bond motifs is 1. The summed E-state index contributed by atoms with van der Waals surface area (Å²) in [5.41, 5.74) is 4.11. The number of hydrogen-bond donors (Lipinski definition) is 4. The van der Waals surface area contributed by atoms with Crippen molar-refractivity contribution in [1.29, 1.82) is 0 Å². The normalized spacial score (nSPS) is 25.2. The fourth-order valence-corrected chi connectivity index (χ4v) is 6.49. The van der Waals surface area contributed by atoms with E-state index in [9.17, 15) is 9.90 Å². The molecular weight excluding hydrogens is 552 g/mol. The molecule has 0 amide bonds. The lowest BCUT2D eigenvalue weighted by atomic mass is 9.98. The molecule has 1 aromatic carbocycles. The number of ether oxygens (including phenoxy) is 2. The van der Waals surface area contributed by atoms with E-state index in [1.54, 1.807) is 51.2 Å². The summed E-state index contributed by atoms with van der Waals surface area (Å²) in [5.74, 6) is 0.159. The van der Waals surface area contributed by atoms with Crippen molar-refractivity contribution in [2.75, 3.05) is 31.3 Å². The van der Waals surface area contributed by atoms with E-state index in [0.29, 0.717) is 17.1 Å². The van der Waals surface area contributed by atoms with Crippen LogP contribution in [0.3, 0.4) is 0 Å². The molecule has 0 radical (unpaired) electrons. The van der Waals surface area contributed by atoms with Crippen LogP contribution in [0.2, 0.25) is 0 Å². The van der Waals surface area contributed by atoms with Gasteiger partial charge in [0.05, 0.1) is 19.5 Å². The second-order valence-electron chi connectivity index (χ2n) is 8.93. The van der Waals surface area contributed by atoms with Crippen LogP contribution >= 0.6 is 6.64 Å². The molecule has 1 aliphatic heterocycles. The lowest BCUT2D eigenvalue weighted by Gasteiger charge is -2.28. The summed E-state index contributed by atoms with van der Waals surface area (Å²) in [6, 6.07) is 7.78. The number of para-hydroxylation sites is 1. The molecule has 6 atom stereocenters. The highest BCUT2D eigenvalue weighted by atomic mass is 32.5. The Hall–Kier alpha value is -2.94. The van der Waals surface area contributed by atoms with Gasteiger partial charge in [-0.3, -0.25) is 9.36 Å². The van der Waals surface area contributed by atoms with Gasteiger partial charge in [-0.1, -0.05) is 18.2 Å². The van der Waals surface area contributed by atoms with Gasteiger partial charge in [-0.2, -0.15) is 9.97 Å². The number of anilines is 2.